The van der Waals surface area contributed by atoms with Gasteiger partial charge in [-0.05, 0) is 42.2 Å². The van der Waals surface area contributed by atoms with Crippen molar-refractivity contribution in [3.63, 3.8) is 0 Å². The van der Waals surface area contributed by atoms with Crippen LogP contribution in [-0.2, 0) is 27.2 Å². The van der Waals surface area contributed by atoms with Gasteiger partial charge in [-0.25, -0.2) is 0 Å². The molecule has 0 aliphatic carbocycles. The Kier molecular flexibility index (Phi) is 6.55. The normalized spacial score (nSPS) is 10.3. The highest BCUT2D eigenvalue weighted by Crippen LogP contribution is 2.20. The highest BCUT2D eigenvalue weighted by atomic mass is 79.9. The van der Waals surface area contributed by atoms with Gasteiger partial charge in [0.25, 0.3) is 5.91 Å². The Labute approximate surface area is 150 Å². The molecule has 5 heteroatoms. The lowest BCUT2D eigenvalue weighted by atomic mass is 10.1. The number of halogens is 1. The van der Waals surface area contributed by atoms with Crippen LogP contribution in [0.3, 0.4) is 0 Å². The van der Waals surface area contributed by atoms with Gasteiger partial charge in [0.1, 0.15) is 0 Å². The number of esters is 1. The summed E-state index contributed by atoms with van der Waals surface area (Å²) in [4.78, 5) is 23.9. The lowest BCUT2D eigenvalue weighted by Crippen LogP contribution is -2.22. The zero-order chi connectivity index (χ0) is 17.5. The maximum atomic E-state index is 12.0. The van der Waals surface area contributed by atoms with E-state index in [1.807, 2.05) is 56.3 Å². The number of ether oxygens (including phenoxy) is 1. The predicted octanol–water partition coefficient (Wildman–Crippen LogP) is 4.04. The summed E-state index contributed by atoms with van der Waals surface area (Å²) in [6.45, 7) is 3.68. The fourth-order valence-corrected chi connectivity index (χ4v) is 2.61. The number of nitrogens with one attached hydrogen (secondary N) is 1. The van der Waals surface area contributed by atoms with Crippen molar-refractivity contribution in [3.05, 3.63) is 63.6 Å². The standard InChI is InChI=1S/C19H20BrNO3/c1-3-15-6-4-5-13(2)19(15)21-17(22)12-24-18(23)11-14-7-9-16(20)10-8-14/h4-10H,3,11-12H2,1-2H3,(H,21,22). The molecule has 0 aliphatic rings. The summed E-state index contributed by atoms with van der Waals surface area (Å²) in [6, 6.07) is 13.3. The van der Waals surface area contributed by atoms with Crippen LogP contribution in [0.1, 0.15) is 23.6 Å². The first-order valence-electron chi connectivity index (χ1n) is 7.78. The van der Waals surface area contributed by atoms with Crippen molar-refractivity contribution in [2.24, 2.45) is 0 Å². The minimum absolute atomic E-state index is 0.144. The van der Waals surface area contributed by atoms with Crippen LogP contribution in [-0.4, -0.2) is 18.5 Å². The topological polar surface area (TPSA) is 55.4 Å². The average molecular weight is 390 g/mol. The van der Waals surface area contributed by atoms with Crippen molar-refractivity contribution < 1.29 is 14.3 Å². The number of amides is 1. The molecule has 0 aromatic heterocycles. The molecule has 0 saturated heterocycles. The maximum absolute atomic E-state index is 12.0. The number of hydrogen-bond acceptors (Lipinski definition) is 3. The van der Waals surface area contributed by atoms with E-state index >= 15 is 0 Å². The third-order valence-electron chi connectivity index (χ3n) is 3.63. The second-order valence-corrected chi connectivity index (χ2v) is 6.39. The molecule has 2 aromatic rings. The summed E-state index contributed by atoms with van der Waals surface area (Å²) in [6.07, 6.45) is 0.964. The first-order valence-corrected chi connectivity index (χ1v) is 8.57. The van der Waals surface area contributed by atoms with E-state index in [0.717, 1.165) is 33.3 Å². The zero-order valence-corrected chi connectivity index (χ0v) is 15.4. The number of carbonyl (C=O) groups is 2. The number of benzene rings is 2. The molecular weight excluding hydrogens is 370 g/mol. The SMILES string of the molecule is CCc1cccc(C)c1NC(=O)COC(=O)Cc1ccc(Br)cc1. The minimum atomic E-state index is -0.423. The molecule has 0 spiro atoms. The molecular formula is C19H20BrNO3. The first-order chi connectivity index (χ1) is 11.5. The number of anilines is 1. The van der Waals surface area contributed by atoms with Gasteiger partial charge in [0.05, 0.1) is 6.42 Å². The van der Waals surface area contributed by atoms with Gasteiger partial charge in [-0.1, -0.05) is 53.2 Å². The van der Waals surface area contributed by atoms with Gasteiger partial charge >= 0.3 is 5.97 Å². The fraction of sp³-hybridized carbons (Fsp3) is 0.263. The van der Waals surface area contributed by atoms with Gasteiger partial charge < -0.3 is 10.1 Å². The van der Waals surface area contributed by atoms with Crippen LogP contribution in [0.25, 0.3) is 0 Å². The number of para-hydroxylation sites is 1. The quantitative estimate of drug-likeness (QED) is 0.758. The third-order valence-corrected chi connectivity index (χ3v) is 4.16. The first kappa shape index (κ1) is 18.2. The summed E-state index contributed by atoms with van der Waals surface area (Å²) in [5, 5.41) is 2.83. The second kappa shape index (κ2) is 8.64. The molecule has 0 unspecified atom stereocenters. The molecule has 0 fully saturated rings. The monoisotopic (exact) mass is 389 g/mol. The number of hydrogen-bond donors (Lipinski definition) is 1. The Balaban J connectivity index is 1.87. The van der Waals surface area contributed by atoms with Crippen LogP contribution in [0.2, 0.25) is 0 Å². The molecule has 2 rings (SSSR count). The Hall–Kier alpha value is -2.14. The molecule has 0 heterocycles. The van der Waals surface area contributed by atoms with Gasteiger partial charge in [0.2, 0.25) is 0 Å². The van der Waals surface area contributed by atoms with E-state index in [9.17, 15) is 9.59 Å². The summed E-state index contributed by atoms with van der Waals surface area (Å²) in [5.74, 6) is -0.754. The highest BCUT2D eigenvalue weighted by Gasteiger charge is 2.11. The van der Waals surface area contributed by atoms with E-state index in [0.29, 0.717) is 0 Å². The van der Waals surface area contributed by atoms with Gasteiger partial charge in [0, 0.05) is 10.2 Å². The number of aryl methyl sites for hydroxylation is 2. The summed E-state index contributed by atoms with van der Waals surface area (Å²) in [7, 11) is 0. The lowest BCUT2D eigenvalue weighted by molar-refractivity contribution is -0.146. The van der Waals surface area contributed by atoms with Crippen LogP contribution >= 0.6 is 15.9 Å². The molecule has 126 valence electrons. The molecule has 4 nitrogen and oxygen atoms in total. The van der Waals surface area contributed by atoms with E-state index in [-0.39, 0.29) is 18.9 Å². The van der Waals surface area contributed by atoms with Crippen molar-refractivity contribution in [1.82, 2.24) is 0 Å². The van der Waals surface area contributed by atoms with Crippen LogP contribution in [0.5, 0.6) is 0 Å². The van der Waals surface area contributed by atoms with Crippen LogP contribution in [0.15, 0.2) is 46.9 Å². The average Bonchev–Trinajstić information content (AvgIpc) is 2.57. The van der Waals surface area contributed by atoms with Crippen LogP contribution in [0, 0.1) is 6.92 Å². The van der Waals surface area contributed by atoms with Crippen molar-refractivity contribution in [1.29, 1.82) is 0 Å². The molecule has 0 saturated carbocycles. The Bertz CT molecular complexity index is 726. The molecule has 24 heavy (non-hydrogen) atoms. The Morgan fingerprint density at radius 1 is 1.12 bits per heavy atom. The molecule has 1 amide bonds. The van der Waals surface area contributed by atoms with E-state index in [1.165, 1.54) is 0 Å². The molecule has 0 radical (unpaired) electrons. The number of rotatable bonds is 6. The van der Waals surface area contributed by atoms with Gasteiger partial charge in [-0.2, -0.15) is 0 Å². The Morgan fingerprint density at radius 3 is 2.50 bits per heavy atom. The van der Waals surface area contributed by atoms with Gasteiger partial charge in [-0.3, -0.25) is 9.59 Å². The molecule has 0 atom stereocenters. The fourth-order valence-electron chi connectivity index (χ4n) is 2.34. The third kappa shape index (κ3) is 5.20. The lowest BCUT2D eigenvalue weighted by Gasteiger charge is -2.13. The summed E-state index contributed by atoms with van der Waals surface area (Å²) in [5.41, 5.74) is 3.69. The van der Waals surface area contributed by atoms with Gasteiger partial charge in [-0.15, -0.1) is 0 Å². The largest absolute Gasteiger partial charge is 0.455 e. The smallest absolute Gasteiger partial charge is 0.310 e. The van der Waals surface area contributed by atoms with E-state index in [4.69, 9.17) is 4.74 Å². The molecule has 0 aliphatic heterocycles. The van der Waals surface area contributed by atoms with Crippen LogP contribution < -0.4 is 5.32 Å². The molecule has 0 bridgehead atoms. The number of carbonyl (C=O) groups excluding carboxylic acids is 2. The van der Waals surface area contributed by atoms with E-state index in [2.05, 4.69) is 21.2 Å². The second-order valence-electron chi connectivity index (χ2n) is 5.47. The van der Waals surface area contributed by atoms with Crippen molar-refractivity contribution in [2.75, 3.05) is 11.9 Å². The summed E-state index contributed by atoms with van der Waals surface area (Å²) >= 11 is 3.34. The zero-order valence-electron chi connectivity index (χ0n) is 13.8. The minimum Gasteiger partial charge on any atom is -0.455 e. The maximum Gasteiger partial charge on any atom is 0.310 e. The predicted molar refractivity (Wildman–Crippen MR) is 98.0 cm³/mol. The highest BCUT2D eigenvalue weighted by molar-refractivity contribution is 9.10. The van der Waals surface area contributed by atoms with Crippen LogP contribution in [0.4, 0.5) is 5.69 Å². The molecule has 2 aromatic carbocycles. The summed E-state index contributed by atoms with van der Waals surface area (Å²) < 4.78 is 6.01. The van der Waals surface area contributed by atoms with E-state index in [1.54, 1.807) is 0 Å². The molecule has 1 N–H and O–H groups in total. The van der Waals surface area contributed by atoms with Gasteiger partial charge in [0.15, 0.2) is 6.61 Å². The van der Waals surface area contributed by atoms with Crippen molar-refractivity contribution >= 4 is 33.5 Å². The van der Waals surface area contributed by atoms with Crippen molar-refractivity contribution in [2.45, 2.75) is 26.7 Å². The van der Waals surface area contributed by atoms with Crippen molar-refractivity contribution in [3.8, 4) is 0 Å². The van der Waals surface area contributed by atoms with E-state index < -0.39 is 5.97 Å². The Morgan fingerprint density at radius 2 is 1.83 bits per heavy atom.